The molecule has 0 saturated carbocycles. The van der Waals surface area contributed by atoms with Crippen LogP contribution in [-0.4, -0.2) is 37.7 Å². The molecule has 6 heteroatoms. The third kappa shape index (κ3) is 13.4. The van der Waals surface area contributed by atoms with Crippen molar-refractivity contribution in [2.24, 2.45) is 5.92 Å². The zero-order valence-electron chi connectivity index (χ0n) is 16.0. The maximum atomic E-state index is 12.2. The van der Waals surface area contributed by atoms with Gasteiger partial charge in [-0.15, -0.1) is 0 Å². The summed E-state index contributed by atoms with van der Waals surface area (Å²) in [4.78, 5) is 35.8. The van der Waals surface area contributed by atoms with E-state index in [1.54, 1.807) is 0 Å². The zero-order valence-corrected chi connectivity index (χ0v) is 16.0. The van der Waals surface area contributed by atoms with Crippen LogP contribution < -0.4 is 0 Å². The van der Waals surface area contributed by atoms with Gasteiger partial charge in [0.15, 0.2) is 0 Å². The highest BCUT2D eigenvalue weighted by atomic mass is 16.5. The summed E-state index contributed by atoms with van der Waals surface area (Å²) >= 11 is 0. The Morgan fingerprint density at radius 1 is 0.720 bits per heavy atom. The van der Waals surface area contributed by atoms with Gasteiger partial charge in [0, 0.05) is 6.42 Å². The third-order valence-corrected chi connectivity index (χ3v) is 3.71. The minimum Gasteiger partial charge on any atom is -0.466 e. The molecule has 6 nitrogen and oxygen atoms in total. The molecule has 0 aromatic carbocycles. The van der Waals surface area contributed by atoms with Crippen molar-refractivity contribution in [3.8, 4) is 0 Å². The van der Waals surface area contributed by atoms with Crippen LogP contribution in [0.5, 0.6) is 0 Å². The van der Waals surface area contributed by atoms with Crippen LogP contribution in [0.15, 0.2) is 0 Å². The minimum absolute atomic E-state index is 0.0586. The molecule has 1 unspecified atom stereocenters. The average Bonchev–Trinajstić information content (AvgIpc) is 2.59. The fraction of sp³-hybridized carbons (Fsp3) is 0.842. The second-order valence-electron chi connectivity index (χ2n) is 6.11. The molecule has 0 saturated heterocycles. The fourth-order valence-electron chi connectivity index (χ4n) is 2.02. The molecule has 0 aromatic rings. The lowest BCUT2D eigenvalue weighted by molar-refractivity contribution is -0.156. The molecule has 25 heavy (non-hydrogen) atoms. The molecule has 0 aromatic heterocycles. The molecule has 0 heterocycles. The largest absolute Gasteiger partial charge is 0.466 e. The number of rotatable bonds is 15. The van der Waals surface area contributed by atoms with Crippen molar-refractivity contribution >= 4 is 17.9 Å². The van der Waals surface area contributed by atoms with E-state index in [1.807, 2.05) is 20.8 Å². The van der Waals surface area contributed by atoms with Gasteiger partial charge in [-0.3, -0.25) is 14.4 Å². The highest BCUT2D eigenvalue weighted by Crippen LogP contribution is 2.16. The molecule has 0 bridgehead atoms. The second-order valence-corrected chi connectivity index (χ2v) is 6.11. The Morgan fingerprint density at radius 3 is 1.72 bits per heavy atom. The minimum atomic E-state index is -0.662. The maximum Gasteiger partial charge on any atom is 0.309 e. The molecule has 1 atom stereocenters. The number of carbonyl (C=O) groups excluding carboxylic acids is 3. The van der Waals surface area contributed by atoms with Crippen molar-refractivity contribution in [2.45, 2.75) is 78.6 Å². The van der Waals surface area contributed by atoms with Gasteiger partial charge >= 0.3 is 17.9 Å². The molecule has 0 fully saturated rings. The van der Waals surface area contributed by atoms with Crippen LogP contribution >= 0.6 is 0 Å². The van der Waals surface area contributed by atoms with Gasteiger partial charge < -0.3 is 14.2 Å². The van der Waals surface area contributed by atoms with Crippen LogP contribution in [0.25, 0.3) is 0 Å². The van der Waals surface area contributed by atoms with Crippen LogP contribution in [0.3, 0.4) is 0 Å². The predicted octanol–water partition coefficient (Wildman–Crippen LogP) is 3.80. The molecular weight excluding hydrogens is 324 g/mol. The van der Waals surface area contributed by atoms with E-state index in [2.05, 4.69) is 0 Å². The second kappa shape index (κ2) is 15.9. The average molecular weight is 358 g/mol. The summed E-state index contributed by atoms with van der Waals surface area (Å²) in [6, 6.07) is 0. The Kier molecular flexibility index (Phi) is 14.9. The number of esters is 3. The molecule has 0 aliphatic heterocycles. The van der Waals surface area contributed by atoms with Crippen molar-refractivity contribution < 1.29 is 28.6 Å². The van der Waals surface area contributed by atoms with E-state index in [-0.39, 0.29) is 25.2 Å². The number of hydrogen-bond acceptors (Lipinski definition) is 6. The Bertz CT molecular complexity index is 380. The van der Waals surface area contributed by atoms with Crippen LogP contribution in [0, 0.1) is 5.92 Å². The van der Waals surface area contributed by atoms with Crippen molar-refractivity contribution in [3.63, 3.8) is 0 Å². The summed E-state index contributed by atoms with van der Waals surface area (Å²) in [6.07, 6.45) is 5.45. The normalized spacial score (nSPS) is 11.6. The number of ether oxygens (including phenoxy) is 3. The molecule has 146 valence electrons. The highest BCUT2D eigenvalue weighted by Gasteiger charge is 2.25. The van der Waals surface area contributed by atoms with E-state index in [4.69, 9.17) is 14.2 Å². The van der Waals surface area contributed by atoms with E-state index in [0.29, 0.717) is 19.8 Å². The van der Waals surface area contributed by atoms with Gasteiger partial charge in [0.25, 0.3) is 0 Å². The quantitative estimate of drug-likeness (QED) is 0.252. The number of unbranched alkanes of at least 4 members (excludes halogenated alkanes) is 3. The van der Waals surface area contributed by atoms with Crippen LogP contribution in [-0.2, 0) is 28.6 Å². The summed E-state index contributed by atoms with van der Waals surface area (Å²) in [5.41, 5.74) is 0. The number of carbonyl (C=O) groups is 3. The van der Waals surface area contributed by atoms with E-state index in [9.17, 15) is 14.4 Å². The summed E-state index contributed by atoms with van der Waals surface area (Å²) < 4.78 is 15.4. The molecule has 0 radical (unpaired) electrons. The summed E-state index contributed by atoms with van der Waals surface area (Å²) in [7, 11) is 0. The van der Waals surface area contributed by atoms with Crippen molar-refractivity contribution in [1.29, 1.82) is 0 Å². The Hall–Kier alpha value is -1.59. The maximum absolute atomic E-state index is 12.2. The highest BCUT2D eigenvalue weighted by molar-refractivity contribution is 5.80. The van der Waals surface area contributed by atoms with E-state index < -0.39 is 17.9 Å². The standard InChI is InChI=1S/C19H34O6/c1-4-7-12-23-17(20)11-10-16(19(22)25-14-9-6-3)15-18(21)24-13-8-5-2/h16H,4-15H2,1-3H3. The lowest BCUT2D eigenvalue weighted by Gasteiger charge is -2.15. The Morgan fingerprint density at radius 2 is 1.20 bits per heavy atom. The van der Waals surface area contributed by atoms with Crippen molar-refractivity contribution in [3.05, 3.63) is 0 Å². The van der Waals surface area contributed by atoms with Crippen molar-refractivity contribution in [2.75, 3.05) is 19.8 Å². The van der Waals surface area contributed by atoms with Gasteiger partial charge in [0.2, 0.25) is 0 Å². The third-order valence-electron chi connectivity index (χ3n) is 3.71. The van der Waals surface area contributed by atoms with Gasteiger partial charge in [0.05, 0.1) is 32.2 Å². The molecule has 0 N–H and O–H groups in total. The molecule has 0 aliphatic carbocycles. The van der Waals surface area contributed by atoms with Crippen LogP contribution in [0.2, 0.25) is 0 Å². The number of hydrogen-bond donors (Lipinski definition) is 0. The van der Waals surface area contributed by atoms with Crippen molar-refractivity contribution in [1.82, 2.24) is 0 Å². The van der Waals surface area contributed by atoms with Gasteiger partial charge in [-0.2, -0.15) is 0 Å². The van der Waals surface area contributed by atoms with Gasteiger partial charge in [-0.05, 0) is 25.7 Å². The summed E-state index contributed by atoms with van der Waals surface area (Å²) in [5, 5.41) is 0. The van der Waals surface area contributed by atoms with E-state index in [0.717, 1.165) is 38.5 Å². The van der Waals surface area contributed by atoms with Gasteiger partial charge in [-0.1, -0.05) is 40.0 Å². The van der Waals surface area contributed by atoms with Gasteiger partial charge in [-0.25, -0.2) is 0 Å². The van der Waals surface area contributed by atoms with E-state index in [1.165, 1.54) is 0 Å². The van der Waals surface area contributed by atoms with Crippen LogP contribution in [0.4, 0.5) is 0 Å². The SMILES string of the molecule is CCCCOC(=O)CCC(CC(=O)OCCCC)C(=O)OCCCC. The lowest BCUT2D eigenvalue weighted by atomic mass is 9.99. The summed E-state index contributed by atoms with van der Waals surface area (Å²) in [5.74, 6) is -1.88. The lowest BCUT2D eigenvalue weighted by Crippen LogP contribution is -2.24. The molecule has 0 amide bonds. The fourth-order valence-corrected chi connectivity index (χ4v) is 2.02. The molecular formula is C19H34O6. The first kappa shape index (κ1) is 23.4. The first-order valence-corrected chi connectivity index (χ1v) is 9.52. The molecule has 0 spiro atoms. The smallest absolute Gasteiger partial charge is 0.309 e. The molecule has 0 aliphatic rings. The van der Waals surface area contributed by atoms with Gasteiger partial charge in [0.1, 0.15) is 0 Å². The Labute approximate surface area is 151 Å². The van der Waals surface area contributed by atoms with E-state index >= 15 is 0 Å². The molecule has 0 rings (SSSR count). The monoisotopic (exact) mass is 358 g/mol. The van der Waals surface area contributed by atoms with Crippen LogP contribution in [0.1, 0.15) is 78.6 Å². The topological polar surface area (TPSA) is 78.9 Å². The zero-order chi connectivity index (χ0) is 18.9. The Balaban J connectivity index is 4.42. The first-order valence-electron chi connectivity index (χ1n) is 9.52. The summed E-state index contributed by atoms with van der Waals surface area (Å²) in [6.45, 7) is 7.10. The first-order chi connectivity index (χ1) is 12.0. The predicted molar refractivity (Wildman–Crippen MR) is 94.9 cm³/mol.